The van der Waals surface area contributed by atoms with E-state index in [1.54, 1.807) is 0 Å². The first-order chi connectivity index (χ1) is 8.12. The van der Waals surface area contributed by atoms with Crippen LogP contribution in [0.1, 0.15) is 18.1 Å². The lowest BCUT2D eigenvalue weighted by molar-refractivity contribution is -0.153. The van der Waals surface area contributed by atoms with Gasteiger partial charge in [-0.2, -0.15) is 13.2 Å². The van der Waals surface area contributed by atoms with Crippen molar-refractivity contribution in [1.82, 2.24) is 0 Å². The molecule has 0 unspecified atom stereocenters. The summed E-state index contributed by atoms with van der Waals surface area (Å²) in [5.41, 5.74) is 4.24. The fourth-order valence-electron chi connectivity index (χ4n) is 1.28. The minimum absolute atomic E-state index is 0. The standard InChI is InChI=1S/C10H9F6NO.ClH/c11-5-1-4(2-6(12)9(5)13)7(18)3-8(17)10(14,15)16;/h1-2,7-8,18H,3,17H2;1H/t7-,8-;/m1./s1. The first-order valence-corrected chi connectivity index (χ1v) is 4.77. The van der Waals surface area contributed by atoms with Crippen molar-refractivity contribution in [3.63, 3.8) is 0 Å². The monoisotopic (exact) mass is 309 g/mol. The summed E-state index contributed by atoms with van der Waals surface area (Å²) in [5, 5.41) is 9.36. The Bertz CT molecular complexity index is 416. The molecule has 0 bridgehead atoms. The van der Waals surface area contributed by atoms with Gasteiger partial charge in [0.1, 0.15) is 6.04 Å². The summed E-state index contributed by atoms with van der Waals surface area (Å²) < 4.78 is 74.5. The van der Waals surface area contributed by atoms with Crippen molar-refractivity contribution in [3.8, 4) is 0 Å². The van der Waals surface area contributed by atoms with E-state index in [9.17, 15) is 31.4 Å². The number of rotatable bonds is 3. The van der Waals surface area contributed by atoms with Crippen LogP contribution in [0.15, 0.2) is 12.1 Å². The topological polar surface area (TPSA) is 46.2 Å². The van der Waals surface area contributed by atoms with Gasteiger partial charge in [-0.05, 0) is 17.7 Å². The zero-order valence-electron chi connectivity index (χ0n) is 9.22. The van der Waals surface area contributed by atoms with E-state index >= 15 is 0 Å². The summed E-state index contributed by atoms with van der Waals surface area (Å²) in [7, 11) is 0. The first-order valence-electron chi connectivity index (χ1n) is 4.77. The second kappa shape index (κ2) is 6.44. The number of hydrogen-bond donors (Lipinski definition) is 2. The third kappa shape index (κ3) is 4.55. The van der Waals surface area contributed by atoms with Gasteiger partial charge in [0.05, 0.1) is 6.10 Å². The van der Waals surface area contributed by atoms with Gasteiger partial charge in [-0.15, -0.1) is 12.4 Å². The molecule has 0 aliphatic rings. The Morgan fingerprint density at radius 1 is 1.11 bits per heavy atom. The zero-order valence-corrected chi connectivity index (χ0v) is 10.0. The molecule has 0 saturated carbocycles. The Kier molecular flexibility index (Phi) is 6.11. The van der Waals surface area contributed by atoms with Crippen LogP contribution in [-0.4, -0.2) is 17.3 Å². The van der Waals surface area contributed by atoms with Gasteiger partial charge in [0.15, 0.2) is 17.5 Å². The van der Waals surface area contributed by atoms with E-state index in [-0.39, 0.29) is 12.4 Å². The third-order valence-electron chi connectivity index (χ3n) is 2.29. The van der Waals surface area contributed by atoms with Gasteiger partial charge in [-0.25, -0.2) is 13.2 Å². The Hall–Kier alpha value is -0.990. The largest absolute Gasteiger partial charge is 0.403 e. The number of hydrogen-bond acceptors (Lipinski definition) is 2. The SMILES string of the molecule is Cl.N[C@H](C[C@@H](O)c1cc(F)c(F)c(F)c1)C(F)(F)F. The van der Waals surface area contributed by atoms with Crippen LogP contribution in [0, 0.1) is 17.5 Å². The third-order valence-corrected chi connectivity index (χ3v) is 2.29. The molecule has 19 heavy (non-hydrogen) atoms. The quantitative estimate of drug-likeness (QED) is 0.666. The summed E-state index contributed by atoms with van der Waals surface area (Å²) in [6.45, 7) is 0. The molecule has 9 heteroatoms. The summed E-state index contributed by atoms with van der Waals surface area (Å²) in [6, 6.07) is -1.50. The fraction of sp³-hybridized carbons (Fsp3) is 0.400. The highest BCUT2D eigenvalue weighted by molar-refractivity contribution is 5.85. The molecule has 0 aliphatic heterocycles. The van der Waals surface area contributed by atoms with Gasteiger partial charge in [0.25, 0.3) is 0 Å². The van der Waals surface area contributed by atoms with E-state index in [2.05, 4.69) is 0 Å². The normalized spacial score (nSPS) is 14.7. The van der Waals surface area contributed by atoms with Crippen LogP contribution in [0.3, 0.4) is 0 Å². The lowest BCUT2D eigenvalue weighted by atomic mass is 10.0. The van der Waals surface area contributed by atoms with E-state index < -0.39 is 47.8 Å². The van der Waals surface area contributed by atoms with Gasteiger partial charge in [-0.3, -0.25) is 0 Å². The van der Waals surface area contributed by atoms with Crippen molar-refractivity contribution in [2.45, 2.75) is 24.7 Å². The highest BCUT2D eigenvalue weighted by Crippen LogP contribution is 2.28. The Morgan fingerprint density at radius 3 is 1.89 bits per heavy atom. The molecule has 0 saturated heterocycles. The lowest BCUT2D eigenvalue weighted by Crippen LogP contribution is -2.38. The van der Waals surface area contributed by atoms with Crippen molar-refractivity contribution in [2.75, 3.05) is 0 Å². The highest BCUT2D eigenvalue weighted by atomic mass is 35.5. The Balaban J connectivity index is 0.00000324. The summed E-state index contributed by atoms with van der Waals surface area (Å²) in [5.74, 6) is -4.94. The van der Waals surface area contributed by atoms with E-state index in [0.29, 0.717) is 12.1 Å². The predicted molar refractivity (Wildman–Crippen MR) is 57.2 cm³/mol. The maximum atomic E-state index is 12.8. The van der Waals surface area contributed by atoms with Gasteiger partial charge in [0, 0.05) is 6.42 Å². The molecule has 0 fully saturated rings. The second-order valence-electron chi connectivity index (χ2n) is 3.70. The highest BCUT2D eigenvalue weighted by Gasteiger charge is 2.38. The van der Waals surface area contributed by atoms with Crippen molar-refractivity contribution < 1.29 is 31.4 Å². The lowest BCUT2D eigenvalue weighted by Gasteiger charge is -2.19. The fourth-order valence-corrected chi connectivity index (χ4v) is 1.28. The molecule has 2 atom stereocenters. The van der Waals surface area contributed by atoms with Crippen molar-refractivity contribution in [3.05, 3.63) is 35.1 Å². The van der Waals surface area contributed by atoms with Crippen LogP contribution >= 0.6 is 12.4 Å². The van der Waals surface area contributed by atoms with E-state index in [1.165, 1.54) is 0 Å². The molecule has 110 valence electrons. The predicted octanol–water partition coefficient (Wildman–Crippen LogP) is 2.84. The van der Waals surface area contributed by atoms with E-state index in [1.807, 2.05) is 0 Å². The molecule has 0 aromatic heterocycles. The molecule has 0 radical (unpaired) electrons. The molecule has 1 aromatic rings. The molecule has 0 amide bonds. The number of halogens is 7. The van der Waals surface area contributed by atoms with Crippen LogP contribution < -0.4 is 5.73 Å². The van der Waals surface area contributed by atoms with Crippen molar-refractivity contribution in [2.24, 2.45) is 5.73 Å². The number of alkyl halides is 3. The molecule has 3 N–H and O–H groups in total. The van der Waals surface area contributed by atoms with Gasteiger partial charge in [0.2, 0.25) is 0 Å². The average Bonchev–Trinajstić information content (AvgIpc) is 2.23. The number of benzene rings is 1. The molecule has 0 aliphatic carbocycles. The van der Waals surface area contributed by atoms with Crippen LogP contribution in [0.5, 0.6) is 0 Å². The Morgan fingerprint density at radius 2 is 1.53 bits per heavy atom. The van der Waals surface area contributed by atoms with Crippen LogP contribution in [-0.2, 0) is 0 Å². The maximum absolute atomic E-state index is 12.8. The Labute approximate surface area is 110 Å². The molecule has 1 aromatic carbocycles. The average molecular weight is 310 g/mol. The summed E-state index contributed by atoms with van der Waals surface area (Å²) >= 11 is 0. The molecular weight excluding hydrogens is 300 g/mol. The first kappa shape index (κ1) is 18.0. The number of aliphatic hydroxyl groups excluding tert-OH is 1. The van der Waals surface area contributed by atoms with Gasteiger partial charge >= 0.3 is 6.18 Å². The smallest absolute Gasteiger partial charge is 0.388 e. The van der Waals surface area contributed by atoms with E-state index in [4.69, 9.17) is 5.73 Å². The number of aliphatic hydroxyl groups is 1. The van der Waals surface area contributed by atoms with Crippen LogP contribution in [0.4, 0.5) is 26.3 Å². The summed E-state index contributed by atoms with van der Waals surface area (Å²) in [4.78, 5) is 0. The molecular formula is C10H10ClF6NO. The minimum atomic E-state index is -4.74. The molecule has 0 spiro atoms. The van der Waals surface area contributed by atoms with E-state index in [0.717, 1.165) is 0 Å². The van der Waals surface area contributed by atoms with Crippen molar-refractivity contribution in [1.29, 1.82) is 0 Å². The maximum Gasteiger partial charge on any atom is 0.403 e. The van der Waals surface area contributed by atoms with Crippen LogP contribution in [0.25, 0.3) is 0 Å². The van der Waals surface area contributed by atoms with Gasteiger partial charge in [-0.1, -0.05) is 0 Å². The van der Waals surface area contributed by atoms with Crippen LogP contribution in [0.2, 0.25) is 0 Å². The molecule has 0 heterocycles. The van der Waals surface area contributed by atoms with Crippen molar-refractivity contribution >= 4 is 12.4 Å². The zero-order chi connectivity index (χ0) is 14.1. The van der Waals surface area contributed by atoms with Gasteiger partial charge < -0.3 is 10.8 Å². The summed E-state index contributed by atoms with van der Waals surface area (Å²) in [6.07, 6.45) is -7.56. The molecule has 2 nitrogen and oxygen atoms in total. The molecule has 1 rings (SSSR count). The minimum Gasteiger partial charge on any atom is -0.388 e. The number of nitrogens with two attached hydrogens (primary N) is 1. The second-order valence-corrected chi connectivity index (χ2v) is 3.70.